The average Bonchev–Trinajstić information content (AvgIpc) is 2.55. The lowest BCUT2D eigenvalue weighted by atomic mass is 9.79. The minimum Gasteiger partial charge on any atom is -0.244 e. The zero-order valence-corrected chi connectivity index (χ0v) is 8.48. The molecule has 0 N–H and O–H groups in total. The Labute approximate surface area is 85.6 Å². The average molecular weight is 207 g/mol. The fourth-order valence-electron chi connectivity index (χ4n) is 1.99. The van der Waals surface area contributed by atoms with Crippen molar-refractivity contribution in [3.05, 3.63) is 29.0 Å². The summed E-state index contributed by atoms with van der Waals surface area (Å²) in [6, 6.07) is 3.48. The second-order valence-electron chi connectivity index (χ2n) is 3.79. The number of hydrogen-bond donors (Lipinski definition) is 0. The number of halogens is 1. The van der Waals surface area contributed by atoms with Gasteiger partial charge in [-0.2, -0.15) is 0 Å². The Morgan fingerprint density at radius 3 is 2.93 bits per heavy atom. The number of nitrogens with zero attached hydrogens (tertiary/aromatic N) is 1. The largest absolute Gasteiger partial charge is 0.244 e. The molecule has 1 heterocycles. The van der Waals surface area contributed by atoms with E-state index < -0.39 is 0 Å². The van der Waals surface area contributed by atoms with Crippen molar-refractivity contribution in [1.82, 2.24) is 4.98 Å². The molecule has 1 aromatic heterocycles. The third kappa shape index (κ3) is 1.08. The number of fused-ring (bicyclic) bond motifs is 1. The summed E-state index contributed by atoms with van der Waals surface area (Å²) in [5.74, 6) is 0.491. The van der Waals surface area contributed by atoms with Gasteiger partial charge in [-0.15, -0.1) is 11.3 Å². The van der Waals surface area contributed by atoms with Gasteiger partial charge in [0.2, 0.25) is 0 Å². The van der Waals surface area contributed by atoms with E-state index in [1.54, 1.807) is 11.6 Å². The van der Waals surface area contributed by atoms with Gasteiger partial charge < -0.3 is 0 Å². The van der Waals surface area contributed by atoms with Gasteiger partial charge in [-0.1, -0.05) is 12.5 Å². The highest BCUT2D eigenvalue weighted by atomic mass is 32.1. The molecule has 2 aromatic rings. The zero-order valence-electron chi connectivity index (χ0n) is 7.66. The van der Waals surface area contributed by atoms with E-state index >= 15 is 0 Å². The molecule has 1 saturated carbocycles. The molecule has 1 nitrogen and oxygen atoms in total. The van der Waals surface area contributed by atoms with E-state index in [9.17, 15) is 4.39 Å². The molecular formula is C11H10FNS. The highest BCUT2D eigenvalue weighted by molar-refractivity contribution is 7.16. The first-order valence-electron chi connectivity index (χ1n) is 4.88. The predicted molar refractivity (Wildman–Crippen MR) is 56.2 cm³/mol. The number of aromatic nitrogens is 1. The van der Waals surface area contributed by atoms with Crippen LogP contribution in [0.1, 0.15) is 30.7 Å². The fraction of sp³-hybridized carbons (Fsp3) is 0.364. The van der Waals surface area contributed by atoms with Gasteiger partial charge in [0.25, 0.3) is 0 Å². The van der Waals surface area contributed by atoms with Crippen molar-refractivity contribution in [2.24, 2.45) is 0 Å². The standard InChI is InChI=1S/C11H10FNS/c12-9-5-4-8(7-2-1-3-7)10-11(9)14-6-13-10/h4-7H,1-3H2. The minimum absolute atomic E-state index is 0.134. The van der Waals surface area contributed by atoms with Gasteiger partial charge in [-0.25, -0.2) is 9.37 Å². The van der Waals surface area contributed by atoms with Crippen molar-refractivity contribution in [2.45, 2.75) is 25.2 Å². The molecule has 0 atom stereocenters. The van der Waals surface area contributed by atoms with Crippen LogP contribution >= 0.6 is 11.3 Å². The molecule has 0 bridgehead atoms. The maximum absolute atomic E-state index is 13.4. The number of benzene rings is 1. The van der Waals surface area contributed by atoms with Crippen molar-refractivity contribution in [2.75, 3.05) is 0 Å². The molecule has 0 spiro atoms. The summed E-state index contributed by atoms with van der Waals surface area (Å²) in [6.45, 7) is 0. The molecule has 0 amide bonds. The Kier molecular flexibility index (Phi) is 1.80. The summed E-state index contributed by atoms with van der Waals surface area (Å²) in [5.41, 5.74) is 3.87. The second-order valence-corrected chi connectivity index (χ2v) is 4.65. The van der Waals surface area contributed by atoms with E-state index in [-0.39, 0.29) is 5.82 Å². The quantitative estimate of drug-likeness (QED) is 0.694. The Hall–Kier alpha value is -0.960. The second kappa shape index (κ2) is 3.02. The number of thiazole rings is 1. The van der Waals surface area contributed by atoms with Gasteiger partial charge in [0.15, 0.2) is 0 Å². The molecule has 0 radical (unpaired) electrons. The van der Waals surface area contributed by atoms with E-state index in [1.807, 2.05) is 6.07 Å². The van der Waals surface area contributed by atoms with Gasteiger partial charge in [0.05, 0.1) is 15.7 Å². The van der Waals surface area contributed by atoms with Gasteiger partial charge in [-0.05, 0) is 30.4 Å². The lowest BCUT2D eigenvalue weighted by Crippen LogP contribution is -2.09. The molecule has 0 saturated heterocycles. The maximum Gasteiger partial charge on any atom is 0.142 e. The molecule has 72 valence electrons. The molecule has 3 rings (SSSR count). The smallest absolute Gasteiger partial charge is 0.142 e. The van der Waals surface area contributed by atoms with Crippen molar-refractivity contribution in [1.29, 1.82) is 0 Å². The van der Waals surface area contributed by atoms with E-state index in [0.29, 0.717) is 5.92 Å². The Bertz CT molecular complexity index is 473. The maximum atomic E-state index is 13.4. The third-order valence-electron chi connectivity index (χ3n) is 3.01. The zero-order chi connectivity index (χ0) is 9.54. The summed E-state index contributed by atoms with van der Waals surface area (Å²) in [6.07, 6.45) is 3.77. The van der Waals surface area contributed by atoms with Gasteiger partial charge in [0, 0.05) is 0 Å². The van der Waals surface area contributed by atoms with Crippen LogP contribution in [0.5, 0.6) is 0 Å². The van der Waals surface area contributed by atoms with Crippen LogP contribution in [0.2, 0.25) is 0 Å². The van der Waals surface area contributed by atoms with Crippen LogP contribution in [0.25, 0.3) is 10.2 Å². The topological polar surface area (TPSA) is 12.9 Å². The first kappa shape index (κ1) is 8.36. The molecule has 1 aromatic carbocycles. The van der Waals surface area contributed by atoms with Crippen molar-refractivity contribution in [3.63, 3.8) is 0 Å². The van der Waals surface area contributed by atoms with E-state index in [1.165, 1.54) is 36.2 Å². The van der Waals surface area contributed by atoms with E-state index in [4.69, 9.17) is 0 Å². The normalized spacial score (nSPS) is 17.2. The summed E-state index contributed by atoms with van der Waals surface area (Å²) in [7, 11) is 0. The van der Waals surface area contributed by atoms with Crippen LogP contribution in [-0.2, 0) is 0 Å². The Morgan fingerprint density at radius 1 is 1.36 bits per heavy atom. The summed E-state index contributed by atoms with van der Waals surface area (Å²) >= 11 is 1.39. The first-order chi connectivity index (χ1) is 6.86. The fourth-order valence-corrected chi connectivity index (χ4v) is 2.71. The highest BCUT2D eigenvalue weighted by Gasteiger charge is 2.23. The van der Waals surface area contributed by atoms with E-state index in [0.717, 1.165) is 10.2 Å². The van der Waals surface area contributed by atoms with Crippen LogP contribution in [0, 0.1) is 5.82 Å². The van der Waals surface area contributed by atoms with Crippen LogP contribution in [-0.4, -0.2) is 4.98 Å². The Balaban J connectivity index is 2.23. The minimum atomic E-state index is -0.134. The summed E-state index contributed by atoms with van der Waals surface area (Å²) in [5, 5.41) is 0. The molecule has 1 fully saturated rings. The van der Waals surface area contributed by atoms with Gasteiger partial charge >= 0.3 is 0 Å². The van der Waals surface area contributed by atoms with Crippen LogP contribution in [0.4, 0.5) is 4.39 Å². The first-order valence-corrected chi connectivity index (χ1v) is 5.76. The van der Waals surface area contributed by atoms with Gasteiger partial charge in [0.1, 0.15) is 5.82 Å². The SMILES string of the molecule is Fc1ccc(C2CCC2)c2ncsc12. The number of rotatable bonds is 1. The monoisotopic (exact) mass is 207 g/mol. The van der Waals surface area contributed by atoms with Crippen LogP contribution in [0.3, 0.4) is 0 Å². The summed E-state index contributed by atoms with van der Waals surface area (Å²) < 4.78 is 14.1. The van der Waals surface area contributed by atoms with Crippen molar-refractivity contribution < 1.29 is 4.39 Å². The highest BCUT2D eigenvalue weighted by Crippen LogP contribution is 2.40. The molecular weight excluding hydrogens is 197 g/mol. The molecule has 3 heteroatoms. The van der Waals surface area contributed by atoms with Crippen molar-refractivity contribution >= 4 is 21.6 Å². The molecule has 14 heavy (non-hydrogen) atoms. The third-order valence-corrected chi connectivity index (χ3v) is 3.85. The molecule has 0 aliphatic heterocycles. The van der Waals surface area contributed by atoms with Crippen molar-refractivity contribution in [3.8, 4) is 0 Å². The molecule has 1 aliphatic carbocycles. The van der Waals surface area contributed by atoms with Crippen LogP contribution < -0.4 is 0 Å². The molecule has 1 aliphatic rings. The van der Waals surface area contributed by atoms with Crippen LogP contribution in [0.15, 0.2) is 17.6 Å². The lowest BCUT2D eigenvalue weighted by molar-refractivity contribution is 0.421. The lowest BCUT2D eigenvalue weighted by Gasteiger charge is -2.25. The van der Waals surface area contributed by atoms with E-state index in [2.05, 4.69) is 4.98 Å². The molecule has 0 unspecified atom stereocenters. The summed E-state index contributed by atoms with van der Waals surface area (Å²) in [4.78, 5) is 4.26. The predicted octanol–water partition coefficient (Wildman–Crippen LogP) is 3.70. The van der Waals surface area contributed by atoms with Gasteiger partial charge in [-0.3, -0.25) is 0 Å². The Morgan fingerprint density at radius 2 is 2.21 bits per heavy atom. The number of hydrogen-bond acceptors (Lipinski definition) is 2.